The first-order chi connectivity index (χ1) is 8.83. The molecule has 1 saturated heterocycles. The number of amides is 1. The minimum atomic E-state index is -0.888. The number of carbonyl (C=O) groups is 2. The maximum atomic E-state index is 12.0. The van der Waals surface area contributed by atoms with Crippen LogP contribution in [0, 0.1) is 11.8 Å². The van der Waals surface area contributed by atoms with Crippen molar-refractivity contribution in [2.75, 3.05) is 13.2 Å². The van der Waals surface area contributed by atoms with E-state index >= 15 is 0 Å². The molecule has 0 aromatic rings. The third-order valence-corrected chi connectivity index (χ3v) is 4.02. The summed E-state index contributed by atoms with van der Waals surface area (Å²) < 4.78 is 5.27. The second-order valence-corrected chi connectivity index (χ2v) is 5.96. The van der Waals surface area contributed by atoms with Crippen LogP contribution in [-0.4, -0.2) is 35.7 Å². The van der Waals surface area contributed by atoms with Gasteiger partial charge in [0, 0.05) is 25.2 Å². The molecule has 2 N–H and O–H groups in total. The summed E-state index contributed by atoms with van der Waals surface area (Å²) in [6, 6.07) is 0. The predicted octanol–water partition coefficient (Wildman–Crippen LogP) is 1.81. The average Bonchev–Trinajstić information content (AvgIpc) is 2.77. The van der Waals surface area contributed by atoms with E-state index < -0.39 is 11.5 Å². The first-order valence-corrected chi connectivity index (χ1v) is 6.94. The normalized spacial score (nSPS) is 22.2. The van der Waals surface area contributed by atoms with Gasteiger partial charge in [0.2, 0.25) is 5.91 Å². The van der Waals surface area contributed by atoms with Crippen molar-refractivity contribution in [2.24, 2.45) is 11.8 Å². The van der Waals surface area contributed by atoms with E-state index in [2.05, 4.69) is 5.32 Å². The van der Waals surface area contributed by atoms with Crippen LogP contribution in [-0.2, 0) is 14.3 Å². The van der Waals surface area contributed by atoms with Crippen LogP contribution in [0.15, 0.2) is 0 Å². The molecule has 1 aliphatic rings. The number of carboxylic acid groups (broad SMARTS) is 1. The van der Waals surface area contributed by atoms with Gasteiger partial charge < -0.3 is 15.2 Å². The summed E-state index contributed by atoms with van der Waals surface area (Å²) in [5.74, 6) is -0.414. The number of aliphatic carboxylic acids is 1. The Kier molecular flexibility index (Phi) is 5.79. The zero-order valence-electron chi connectivity index (χ0n) is 12.1. The van der Waals surface area contributed by atoms with Gasteiger partial charge in [-0.3, -0.25) is 9.59 Å². The molecule has 0 aromatic heterocycles. The van der Waals surface area contributed by atoms with Crippen molar-refractivity contribution in [1.29, 1.82) is 0 Å². The molecular weight excluding hydrogens is 246 g/mol. The summed E-state index contributed by atoms with van der Waals surface area (Å²) in [6.45, 7) is 7.17. The number of nitrogens with one attached hydrogen (secondary N) is 1. The molecule has 0 radical (unpaired) electrons. The molecule has 2 unspecified atom stereocenters. The van der Waals surface area contributed by atoms with Gasteiger partial charge in [-0.1, -0.05) is 13.8 Å². The van der Waals surface area contributed by atoms with Gasteiger partial charge in [-0.05, 0) is 31.6 Å². The maximum absolute atomic E-state index is 12.0. The highest BCUT2D eigenvalue weighted by Gasteiger charge is 2.32. The number of rotatable bonds is 7. The molecule has 1 amide bonds. The van der Waals surface area contributed by atoms with E-state index in [9.17, 15) is 9.59 Å². The lowest BCUT2D eigenvalue weighted by molar-refractivity contribution is -0.139. The van der Waals surface area contributed by atoms with Gasteiger partial charge in [-0.15, -0.1) is 0 Å². The van der Waals surface area contributed by atoms with Crippen LogP contribution in [0.1, 0.15) is 46.5 Å². The molecular formula is C14H25NO4. The van der Waals surface area contributed by atoms with Crippen LogP contribution in [0.2, 0.25) is 0 Å². The predicted molar refractivity (Wildman–Crippen MR) is 71.8 cm³/mol. The summed E-state index contributed by atoms with van der Waals surface area (Å²) in [5.41, 5.74) is -0.685. The molecule has 1 aliphatic heterocycles. The molecule has 1 rings (SSSR count). The molecule has 2 atom stereocenters. The lowest BCUT2D eigenvalue weighted by Crippen LogP contribution is -2.51. The van der Waals surface area contributed by atoms with E-state index in [1.54, 1.807) is 6.92 Å². The van der Waals surface area contributed by atoms with Crippen molar-refractivity contribution < 1.29 is 19.4 Å². The maximum Gasteiger partial charge on any atom is 0.305 e. The molecule has 19 heavy (non-hydrogen) atoms. The van der Waals surface area contributed by atoms with E-state index in [4.69, 9.17) is 9.84 Å². The van der Waals surface area contributed by atoms with E-state index in [0.717, 1.165) is 26.1 Å². The van der Waals surface area contributed by atoms with Crippen LogP contribution in [0.25, 0.3) is 0 Å². The number of hydrogen-bond donors (Lipinski definition) is 2. The molecule has 0 aliphatic carbocycles. The molecule has 1 fully saturated rings. The van der Waals surface area contributed by atoms with Gasteiger partial charge in [0.05, 0.1) is 6.42 Å². The SMILES string of the molecule is CC(C)C(C)(CC(=O)O)NC(=O)CCC1CCOC1. The van der Waals surface area contributed by atoms with Gasteiger partial charge in [-0.2, -0.15) is 0 Å². The Morgan fingerprint density at radius 1 is 1.47 bits per heavy atom. The minimum Gasteiger partial charge on any atom is -0.481 e. The monoisotopic (exact) mass is 271 g/mol. The van der Waals surface area contributed by atoms with Crippen molar-refractivity contribution in [3.8, 4) is 0 Å². The Balaban J connectivity index is 2.44. The van der Waals surface area contributed by atoms with Crippen molar-refractivity contribution in [3.05, 3.63) is 0 Å². The molecule has 0 saturated carbocycles. The number of hydrogen-bond acceptors (Lipinski definition) is 3. The Morgan fingerprint density at radius 2 is 2.16 bits per heavy atom. The van der Waals surface area contributed by atoms with Crippen molar-refractivity contribution >= 4 is 11.9 Å². The molecule has 0 spiro atoms. The summed E-state index contributed by atoms with van der Waals surface area (Å²) in [4.78, 5) is 22.9. The summed E-state index contributed by atoms with van der Waals surface area (Å²) >= 11 is 0. The Labute approximate surface area is 114 Å². The number of carbonyl (C=O) groups excluding carboxylic acids is 1. The van der Waals surface area contributed by atoms with Crippen molar-refractivity contribution in [2.45, 2.75) is 52.0 Å². The molecule has 5 nitrogen and oxygen atoms in total. The third-order valence-electron chi connectivity index (χ3n) is 4.02. The van der Waals surface area contributed by atoms with Crippen LogP contribution in [0.3, 0.4) is 0 Å². The van der Waals surface area contributed by atoms with Gasteiger partial charge in [-0.25, -0.2) is 0 Å². The van der Waals surface area contributed by atoms with Crippen LogP contribution in [0.5, 0.6) is 0 Å². The topological polar surface area (TPSA) is 75.6 Å². The minimum absolute atomic E-state index is 0.0526. The zero-order valence-corrected chi connectivity index (χ0v) is 12.1. The standard InChI is InChI=1S/C14H25NO4/c1-10(2)14(3,8-13(17)18)15-12(16)5-4-11-6-7-19-9-11/h10-11H,4-9H2,1-3H3,(H,15,16)(H,17,18). The Morgan fingerprint density at radius 3 is 2.63 bits per heavy atom. The lowest BCUT2D eigenvalue weighted by Gasteiger charge is -2.33. The number of ether oxygens (including phenoxy) is 1. The Bertz CT molecular complexity index is 323. The van der Waals surface area contributed by atoms with Crippen LogP contribution < -0.4 is 5.32 Å². The van der Waals surface area contributed by atoms with E-state index in [0.29, 0.717) is 12.3 Å². The second kappa shape index (κ2) is 6.89. The van der Waals surface area contributed by atoms with E-state index in [1.807, 2.05) is 13.8 Å². The quantitative estimate of drug-likeness (QED) is 0.740. The fraction of sp³-hybridized carbons (Fsp3) is 0.857. The highest BCUT2D eigenvalue weighted by Crippen LogP contribution is 2.22. The summed E-state index contributed by atoms with van der Waals surface area (Å²) in [5, 5.41) is 11.8. The van der Waals surface area contributed by atoms with Gasteiger partial charge in [0.25, 0.3) is 0 Å². The van der Waals surface area contributed by atoms with Crippen LogP contribution >= 0.6 is 0 Å². The molecule has 5 heteroatoms. The van der Waals surface area contributed by atoms with E-state index in [-0.39, 0.29) is 18.2 Å². The first kappa shape index (κ1) is 16.0. The lowest BCUT2D eigenvalue weighted by atomic mass is 9.85. The summed E-state index contributed by atoms with van der Waals surface area (Å²) in [7, 11) is 0. The van der Waals surface area contributed by atoms with Gasteiger partial charge in [0.1, 0.15) is 0 Å². The largest absolute Gasteiger partial charge is 0.481 e. The van der Waals surface area contributed by atoms with Crippen molar-refractivity contribution in [3.63, 3.8) is 0 Å². The van der Waals surface area contributed by atoms with Gasteiger partial charge >= 0.3 is 5.97 Å². The molecule has 0 aromatic carbocycles. The highest BCUT2D eigenvalue weighted by atomic mass is 16.5. The fourth-order valence-corrected chi connectivity index (χ4v) is 2.23. The average molecular weight is 271 g/mol. The second-order valence-electron chi connectivity index (χ2n) is 5.96. The zero-order chi connectivity index (χ0) is 14.5. The summed E-state index contributed by atoms with van der Waals surface area (Å²) in [6.07, 6.45) is 2.22. The van der Waals surface area contributed by atoms with Gasteiger partial charge in [0.15, 0.2) is 0 Å². The van der Waals surface area contributed by atoms with E-state index in [1.165, 1.54) is 0 Å². The van der Waals surface area contributed by atoms with Crippen molar-refractivity contribution in [1.82, 2.24) is 5.32 Å². The molecule has 1 heterocycles. The molecule has 0 bridgehead atoms. The highest BCUT2D eigenvalue weighted by molar-refractivity contribution is 5.78. The van der Waals surface area contributed by atoms with Crippen LogP contribution in [0.4, 0.5) is 0 Å². The third kappa shape index (κ3) is 5.19. The fourth-order valence-electron chi connectivity index (χ4n) is 2.23. The molecule has 110 valence electrons. The first-order valence-electron chi connectivity index (χ1n) is 6.94. The smallest absolute Gasteiger partial charge is 0.305 e. The Hall–Kier alpha value is -1.10. The number of carboxylic acids is 1.